The van der Waals surface area contributed by atoms with Gasteiger partial charge in [-0.25, -0.2) is 8.42 Å². The molecule has 2 aromatic rings. The van der Waals surface area contributed by atoms with Crippen LogP contribution in [0, 0.1) is 11.3 Å². The molecular weight excluding hydrogens is 391 g/mol. The van der Waals surface area contributed by atoms with Gasteiger partial charge in [0.15, 0.2) is 0 Å². The second kappa shape index (κ2) is 7.91. The second-order valence-corrected chi connectivity index (χ2v) is 8.41. The van der Waals surface area contributed by atoms with E-state index in [0.29, 0.717) is 18.7 Å². The van der Waals surface area contributed by atoms with Crippen molar-refractivity contribution >= 4 is 10.0 Å². The normalized spacial score (nSPS) is 16.6. The Morgan fingerprint density at radius 1 is 0.964 bits per heavy atom. The van der Waals surface area contributed by atoms with Gasteiger partial charge in [0.2, 0.25) is 10.0 Å². The van der Waals surface area contributed by atoms with Crippen molar-refractivity contribution in [1.29, 1.82) is 5.26 Å². The molecule has 0 aromatic heterocycles. The maximum Gasteiger partial charge on any atom is 0.416 e. The number of nitriles is 1. The lowest BCUT2D eigenvalue weighted by atomic mass is 10.1. The first-order chi connectivity index (χ1) is 13.2. The summed E-state index contributed by atoms with van der Waals surface area (Å²) in [6.45, 7) is 1.16. The molecule has 1 heterocycles. The molecule has 0 spiro atoms. The van der Waals surface area contributed by atoms with Crippen LogP contribution in [0.5, 0.6) is 0 Å². The molecule has 1 fully saturated rings. The Kier molecular flexibility index (Phi) is 5.74. The maximum absolute atomic E-state index is 13.1. The highest BCUT2D eigenvalue weighted by Crippen LogP contribution is 2.32. The van der Waals surface area contributed by atoms with Gasteiger partial charge in [0.25, 0.3) is 0 Å². The number of hydrogen-bond donors (Lipinski definition) is 0. The maximum atomic E-state index is 13.1. The van der Waals surface area contributed by atoms with E-state index in [9.17, 15) is 21.6 Å². The van der Waals surface area contributed by atoms with Gasteiger partial charge in [0, 0.05) is 32.7 Å². The monoisotopic (exact) mass is 409 g/mol. The first-order valence-corrected chi connectivity index (χ1v) is 10.0. The lowest BCUT2D eigenvalue weighted by Gasteiger charge is -2.34. The third-order valence-corrected chi connectivity index (χ3v) is 6.58. The SMILES string of the molecule is N#Cc1ccc(S(=O)(=O)N2CCN(Cc3ccccc3C(F)(F)F)CC2)cc1. The van der Waals surface area contributed by atoms with E-state index < -0.39 is 21.8 Å². The third-order valence-electron chi connectivity index (χ3n) is 4.67. The Morgan fingerprint density at radius 2 is 1.57 bits per heavy atom. The lowest BCUT2D eigenvalue weighted by Crippen LogP contribution is -2.48. The lowest BCUT2D eigenvalue weighted by molar-refractivity contribution is -0.138. The van der Waals surface area contributed by atoms with Crippen molar-refractivity contribution in [3.63, 3.8) is 0 Å². The van der Waals surface area contributed by atoms with Crippen LogP contribution in [-0.2, 0) is 22.7 Å². The minimum atomic E-state index is -4.42. The Labute approximate surface area is 161 Å². The zero-order valence-electron chi connectivity index (χ0n) is 14.9. The molecule has 5 nitrogen and oxygen atoms in total. The highest BCUT2D eigenvalue weighted by atomic mass is 32.2. The molecular formula is C19H18F3N3O2S. The molecule has 0 atom stereocenters. The number of hydrogen-bond acceptors (Lipinski definition) is 4. The van der Waals surface area contributed by atoms with Gasteiger partial charge in [-0.2, -0.15) is 22.7 Å². The predicted molar refractivity (Wildman–Crippen MR) is 96.6 cm³/mol. The van der Waals surface area contributed by atoms with Gasteiger partial charge >= 0.3 is 6.18 Å². The summed E-state index contributed by atoms with van der Waals surface area (Å²) in [7, 11) is -3.70. The summed E-state index contributed by atoms with van der Waals surface area (Å²) < 4.78 is 66.2. The quantitative estimate of drug-likeness (QED) is 0.779. The van der Waals surface area contributed by atoms with E-state index in [1.807, 2.05) is 11.0 Å². The minimum Gasteiger partial charge on any atom is -0.296 e. The van der Waals surface area contributed by atoms with E-state index >= 15 is 0 Å². The van der Waals surface area contributed by atoms with Crippen LogP contribution in [0.1, 0.15) is 16.7 Å². The number of alkyl halides is 3. The number of rotatable bonds is 4. The Bertz CT molecular complexity index is 975. The third kappa shape index (κ3) is 4.35. The minimum absolute atomic E-state index is 0.0994. The number of sulfonamides is 1. The Morgan fingerprint density at radius 3 is 2.14 bits per heavy atom. The fourth-order valence-electron chi connectivity index (χ4n) is 3.15. The molecule has 0 saturated carbocycles. The number of piperazine rings is 1. The highest BCUT2D eigenvalue weighted by molar-refractivity contribution is 7.89. The van der Waals surface area contributed by atoms with E-state index in [4.69, 9.17) is 5.26 Å². The van der Waals surface area contributed by atoms with E-state index in [0.717, 1.165) is 6.07 Å². The zero-order valence-corrected chi connectivity index (χ0v) is 15.7. The van der Waals surface area contributed by atoms with Gasteiger partial charge in [0.1, 0.15) is 0 Å². The van der Waals surface area contributed by atoms with Crippen LogP contribution in [0.2, 0.25) is 0 Å². The van der Waals surface area contributed by atoms with Gasteiger partial charge < -0.3 is 0 Å². The smallest absolute Gasteiger partial charge is 0.296 e. The molecule has 0 aliphatic carbocycles. The van der Waals surface area contributed by atoms with Gasteiger partial charge in [-0.3, -0.25) is 4.90 Å². The van der Waals surface area contributed by atoms with Crippen molar-refractivity contribution < 1.29 is 21.6 Å². The molecule has 0 N–H and O–H groups in total. The standard InChI is InChI=1S/C19H18F3N3O2S/c20-19(21,22)18-4-2-1-3-16(18)14-24-9-11-25(12-10-24)28(26,27)17-7-5-15(13-23)6-8-17/h1-8H,9-12,14H2. The van der Waals surface area contributed by atoms with Crippen LogP contribution in [0.4, 0.5) is 13.2 Å². The van der Waals surface area contributed by atoms with Crippen molar-refractivity contribution in [3.05, 3.63) is 65.2 Å². The molecule has 0 radical (unpaired) electrons. The summed E-state index contributed by atoms with van der Waals surface area (Å²) in [6.07, 6.45) is -4.42. The number of nitrogens with zero attached hydrogens (tertiary/aromatic N) is 3. The molecule has 2 aromatic carbocycles. The summed E-state index contributed by atoms with van der Waals surface area (Å²) in [5.41, 5.74) is -0.117. The van der Waals surface area contributed by atoms with Crippen LogP contribution in [0.3, 0.4) is 0 Å². The molecule has 148 valence electrons. The summed E-state index contributed by atoms with van der Waals surface area (Å²) in [5, 5.41) is 8.81. The zero-order chi connectivity index (χ0) is 20.4. The van der Waals surface area contributed by atoms with Gasteiger partial charge in [-0.1, -0.05) is 18.2 Å². The fraction of sp³-hybridized carbons (Fsp3) is 0.316. The highest BCUT2D eigenvalue weighted by Gasteiger charge is 2.34. The van der Waals surface area contributed by atoms with Gasteiger partial charge in [-0.05, 0) is 35.9 Å². The number of benzene rings is 2. The van der Waals surface area contributed by atoms with Crippen LogP contribution < -0.4 is 0 Å². The Hall–Kier alpha value is -2.41. The first-order valence-electron chi connectivity index (χ1n) is 8.59. The van der Waals surface area contributed by atoms with Crippen LogP contribution in [-0.4, -0.2) is 43.8 Å². The largest absolute Gasteiger partial charge is 0.416 e. The summed E-state index contributed by atoms with van der Waals surface area (Å²) in [6, 6.07) is 13.0. The molecule has 3 rings (SSSR count). The van der Waals surface area contributed by atoms with E-state index in [1.165, 1.54) is 40.7 Å². The molecule has 1 aliphatic rings. The average Bonchev–Trinajstić information content (AvgIpc) is 2.68. The molecule has 28 heavy (non-hydrogen) atoms. The van der Waals surface area contributed by atoms with Crippen molar-refractivity contribution in [1.82, 2.24) is 9.21 Å². The van der Waals surface area contributed by atoms with Gasteiger partial charge in [-0.15, -0.1) is 0 Å². The molecule has 0 unspecified atom stereocenters. The topological polar surface area (TPSA) is 64.4 Å². The van der Waals surface area contributed by atoms with Crippen LogP contribution in [0.25, 0.3) is 0 Å². The van der Waals surface area contributed by atoms with Crippen LogP contribution >= 0.6 is 0 Å². The average molecular weight is 409 g/mol. The molecule has 9 heteroatoms. The molecule has 0 amide bonds. The second-order valence-electron chi connectivity index (χ2n) is 6.47. The summed E-state index contributed by atoms with van der Waals surface area (Å²) in [4.78, 5) is 1.91. The predicted octanol–water partition coefficient (Wildman–Crippen LogP) is 3.08. The molecule has 0 bridgehead atoms. The van der Waals surface area contributed by atoms with Crippen LogP contribution in [0.15, 0.2) is 53.4 Å². The van der Waals surface area contributed by atoms with Crippen molar-refractivity contribution in [3.8, 4) is 6.07 Å². The fourth-order valence-corrected chi connectivity index (χ4v) is 4.58. The van der Waals surface area contributed by atoms with E-state index in [2.05, 4.69) is 0 Å². The first kappa shape index (κ1) is 20.3. The van der Waals surface area contributed by atoms with E-state index in [-0.39, 0.29) is 30.1 Å². The Balaban J connectivity index is 1.67. The van der Waals surface area contributed by atoms with Gasteiger partial charge in [0.05, 0.1) is 22.1 Å². The van der Waals surface area contributed by atoms with Crippen molar-refractivity contribution in [2.75, 3.05) is 26.2 Å². The van der Waals surface area contributed by atoms with Crippen molar-refractivity contribution in [2.24, 2.45) is 0 Å². The number of halogens is 3. The summed E-state index contributed by atoms with van der Waals surface area (Å²) >= 11 is 0. The molecule has 1 aliphatic heterocycles. The summed E-state index contributed by atoms with van der Waals surface area (Å²) in [5.74, 6) is 0. The van der Waals surface area contributed by atoms with E-state index in [1.54, 1.807) is 6.07 Å². The molecule has 1 saturated heterocycles. The van der Waals surface area contributed by atoms with Crippen molar-refractivity contribution in [2.45, 2.75) is 17.6 Å².